The number of carbonyl (C=O) groups is 2. The van der Waals surface area contributed by atoms with Crippen LogP contribution in [0.25, 0.3) is 0 Å². The SMILES string of the molecule is CS(=O)(=O)N1CCC(CNC(=O)c2cccc(NC(=O)c3cccs3)c2)CC1. The zero-order valence-electron chi connectivity index (χ0n) is 15.6. The number of benzene rings is 1. The van der Waals surface area contributed by atoms with E-state index in [9.17, 15) is 18.0 Å². The van der Waals surface area contributed by atoms with Crippen LogP contribution in [0.3, 0.4) is 0 Å². The minimum absolute atomic E-state index is 0.204. The highest BCUT2D eigenvalue weighted by molar-refractivity contribution is 7.88. The first kappa shape index (κ1) is 20.5. The third kappa shape index (κ3) is 5.40. The summed E-state index contributed by atoms with van der Waals surface area (Å²) < 4.78 is 24.6. The van der Waals surface area contributed by atoms with Gasteiger partial charge in [0.15, 0.2) is 0 Å². The van der Waals surface area contributed by atoms with Crippen molar-refractivity contribution >= 4 is 38.9 Å². The maximum absolute atomic E-state index is 12.4. The normalized spacial score (nSPS) is 15.9. The molecule has 0 atom stereocenters. The molecule has 0 radical (unpaired) electrons. The fourth-order valence-corrected chi connectivity index (χ4v) is 4.62. The summed E-state index contributed by atoms with van der Waals surface area (Å²) in [5.41, 5.74) is 1.03. The monoisotopic (exact) mass is 421 g/mol. The van der Waals surface area contributed by atoms with Crippen LogP contribution in [0.2, 0.25) is 0 Å². The van der Waals surface area contributed by atoms with Crippen molar-refractivity contribution in [3.8, 4) is 0 Å². The molecule has 0 unspecified atom stereocenters. The van der Waals surface area contributed by atoms with E-state index in [0.29, 0.717) is 35.8 Å². The van der Waals surface area contributed by atoms with E-state index < -0.39 is 10.0 Å². The standard InChI is InChI=1S/C19H23N3O4S2/c1-28(25,26)22-9-7-14(8-10-22)13-20-18(23)15-4-2-5-16(12-15)21-19(24)17-6-3-11-27-17/h2-6,11-12,14H,7-10,13H2,1H3,(H,20,23)(H,21,24). The summed E-state index contributed by atoms with van der Waals surface area (Å²) in [6.07, 6.45) is 2.67. The van der Waals surface area contributed by atoms with Crippen molar-refractivity contribution in [2.75, 3.05) is 31.2 Å². The molecule has 28 heavy (non-hydrogen) atoms. The van der Waals surface area contributed by atoms with Crippen molar-refractivity contribution in [1.29, 1.82) is 0 Å². The number of rotatable bonds is 6. The third-order valence-corrected chi connectivity index (χ3v) is 6.89. The summed E-state index contributed by atoms with van der Waals surface area (Å²) in [6.45, 7) is 1.48. The lowest BCUT2D eigenvalue weighted by molar-refractivity contribution is 0.0940. The molecule has 2 N–H and O–H groups in total. The summed E-state index contributed by atoms with van der Waals surface area (Å²) >= 11 is 1.35. The lowest BCUT2D eigenvalue weighted by Crippen LogP contribution is -2.41. The third-order valence-electron chi connectivity index (χ3n) is 4.72. The lowest BCUT2D eigenvalue weighted by Gasteiger charge is -2.30. The number of hydrogen-bond donors (Lipinski definition) is 2. The van der Waals surface area contributed by atoms with E-state index in [-0.39, 0.29) is 17.7 Å². The highest BCUT2D eigenvalue weighted by Crippen LogP contribution is 2.19. The van der Waals surface area contributed by atoms with E-state index in [0.717, 1.165) is 12.8 Å². The number of hydrogen-bond acceptors (Lipinski definition) is 5. The quantitative estimate of drug-likeness (QED) is 0.749. The van der Waals surface area contributed by atoms with Crippen LogP contribution in [-0.2, 0) is 10.0 Å². The van der Waals surface area contributed by atoms with E-state index in [1.807, 2.05) is 11.4 Å². The molecule has 2 heterocycles. The Balaban J connectivity index is 1.52. The van der Waals surface area contributed by atoms with Gasteiger partial charge >= 0.3 is 0 Å². The van der Waals surface area contributed by atoms with Gasteiger partial charge in [-0.2, -0.15) is 0 Å². The molecule has 1 aliphatic rings. The van der Waals surface area contributed by atoms with Crippen molar-refractivity contribution < 1.29 is 18.0 Å². The molecule has 0 spiro atoms. The van der Waals surface area contributed by atoms with Crippen molar-refractivity contribution in [3.63, 3.8) is 0 Å². The molecule has 9 heteroatoms. The second kappa shape index (κ2) is 8.85. The van der Waals surface area contributed by atoms with Gasteiger partial charge in [0, 0.05) is 30.9 Å². The molecule has 150 valence electrons. The van der Waals surface area contributed by atoms with Gasteiger partial charge in [0.25, 0.3) is 11.8 Å². The van der Waals surface area contributed by atoms with Crippen LogP contribution in [0, 0.1) is 5.92 Å². The number of sulfonamides is 1. The second-order valence-corrected chi connectivity index (χ2v) is 9.76. The van der Waals surface area contributed by atoms with Gasteiger partial charge in [0.2, 0.25) is 10.0 Å². The van der Waals surface area contributed by atoms with E-state index in [1.165, 1.54) is 21.9 Å². The Morgan fingerprint density at radius 1 is 1.14 bits per heavy atom. The number of nitrogens with one attached hydrogen (secondary N) is 2. The first-order chi connectivity index (χ1) is 13.3. The molecule has 7 nitrogen and oxygen atoms in total. The Bertz CT molecular complexity index is 934. The Hall–Kier alpha value is -2.23. The first-order valence-electron chi connectivity index (χ1n) is 9.01. The molecule has 2 aromatic rings. The van der Waals surface area contributed by atoms with Gasteiger partial charge in [0.05, 0.1) is 11.1 Å². The molecule has 0 bridgehead atoms. The number of piperidine rings is 1. The first-order valence-corrected chi connectivity index (χ1v) is 11.7. The topological polar surface area (TPSA) is 95.6 Å². The van der Waals surface area contributed by atoms with E-state index in [4.69, 9.17) is 0 Å². The van der Waals surface area contributed by atoms with Gasteiger partial charge in [0.1, 0.15) is 0 Å². The van der Waals surface area contributed by atoms with Crippen LogP contribution < -0.4 is 10.6 Å². The molecule has 0 aliphatic carbocycles. The maximum atomic E-state index is 12.4. The maximum Gasteiger partial charge on any atom is 0.265 e. The van der Waals surface area contributed by atoms with Crippen molar-refractivity contribution in [2.45, 2.75) is 12.8 Å². The molecule has 2 amide bonds. The number of nitrogens with zero attached hydrogens (tertiary/aromatic N) is 1. The van der Waals surface area contributed by atoms with E-state index in [1.54, 1.807) is 30.3 Å². The number of thiophene rings is 1. The molecule has 3 rings (SSSR count). The molecule has 1 saturated heterocycles. The molecule has 0 saturated carbocycles. The highest BCUT2D eigenvalue weighted by atomic mass is 32.2. The number of anilines is 1. The van der Waals surface area contributed by atoms with Crippen LogP contribution in [0.5, 0.6) is 0 Å². The molecule has 1 aliphatic heterocycles. The summed E-state index contributed by atoms with van der Waals surface area (Å²) in [6, 6.07) is 10.4. The summed E-state index contributed by atoms with van der Waals surface area (Å²) in [4.78, 5) is 25.2. The van der Waals surface area contributed by atoms with Crippen LogP contribution in [-0.4, -0.2) is 50.4 Å². The van der Waals surface area contributed by atoms with Crippen LogP contribution in [0.15, 0.2) is 41.8 Å². The average Bonchev–Trinajstić information content (AvgIpc) is 3.21. The predicted octanol–water partition coefficient (Wildman–Crippen LogP) is 2.40. The van der Waals surface area contributed by atoms with Crippen molar-refractivity contribution in [1.82, 2.24) is 9.62 Å². The van der Waals surface area contributed by atoms with Gasteiger partial charge in [-0.3, -0.25) is 9.59 Å². The zero-order chi connectivity index (χ0) is 20.1. The highest BCUT2D eigenvalue weighted by Gasteiger charge is 2.25. The largest absolute Gasteiger partial charge is 0.352 e. The average molecular weight is 422 g/mol. The Labute approximate surface area is 168 Å². The summed E-state index contributed by atoms with van der Waals surface area (Å²) in [7, 11) is -3.14. The zero-order valence-corrected chi connectivity index (χ0v) is 17.2. The minimum atomic E-state index is -3.14. The van der Waals surface area contributed by atoms with Crippen LogP contribution in [0.1, 0.15) is 32.9 Å². The smallest absolute Gasteiger partial charge is 0.265 e. The molecule has 1 aromatic carbocycles. The molecular formula is C19H23N3O4S2. The van der Waals surface area contributed by atoms with Gasteiger partial charge in [-0.25, -0.2) is 12.7 Å². The van der Waals surface area contributed by atoms with E-state index >= 15 is 0 Å². The van der Waals surface area contributed by atoms with Crippen molar-refractivity contribution in [3.05, 3.63) is 52.2 Å². The molecular weight excluding hydrogens is 398 g/mol. The number of amides is 2. The number of carbonyl (C=O) groups excluding carboxylic acids is 2. The summed E-state index contributed by atoms with van der Waals surface area (Å²) in [5, 5.41) is 7.54. The van der Waals surface area contributed by atoms with Gasteiger partial charge in [-0.05, 0) is 48.4 Å². The van der Waals surface area contributed by atoms with Crippen molar-refractivity contribution in [2.24, 2.45) is 5.92 Å². The predicted molar refractivity (Wildman–Crippen MR) is 110 cm³/mol. The fourth-order valence-electron chi connectivity index (χ4n) is 3.12. The van der Waals surface area contributed by atoms with Gasteiger partial charge in [-0.15, -0.1) is 11.3 Å². The Morgan fingerprint density at radius 3 is 2.54 bits per heavy atom. The second-order valence-electron chi connectivity index (χ2n) is 6.83. The summed E-state index contributed by atoms with van der Waals surface area (Å²) in [5.74, 6) is -0.161. The van der Waals surface area contributed by atoms with Gasteiger partial charge in [-0.1, -0.05) is 12.1 Å². The van der Waals surface area contributed by atoms with E-state index in [2.05, 4.69) is 10.6 Å². The van der Waals surface area contributed by atoms with Crippen LogP contribution >= 0.6 is 11.3 Å². The lowest BCUT2D eigenvalue weighted by atomic mass is 9.98. The minimum Gasteiger partial charge on any atom is -0.352 e. The fraction of sp³-hybridized carbons (Fsp3) is 0.368. The van der Waals surface area contributed by atoms with Gasteiger partial charge < -0.3 is 10.6 Å². The van der Waals surface area contributed by atoms with Crippen LogP contribution in [0.4, 0.5) is 5.69 Å². The Kier molecular flexibility index (Phi) is 6.48. The molecule has 1 fully saturated rings. The molecule has 1 aromatic heterocycles. The Morgan fingerprint density at radius 2 is 1.89 bits per heavy atom.